The van der Waals surface area contributed by atoms with Gasteiger partial charge in [-0.05, 0) is 31.5 Å². The van der Waals surface area contributed by atoms with Gasteiger partial charge in [-0.1, -0.05) is 12.1 Å². The standard InChI is InChI=1S/C14H16N2OS/c17-11(8-10-4-3-7-15-10)9-14-16-12-5-1-2-6-13(12)18-14/h1-2,5-6,10,15H,3-4,7-9H2. The van der Waals surface area contributed by atoms with Gasteiger partial charge in [-0.15, -0.1) is 11.3 Å². The van der Waals surface area contributed by atoms with E-state index in [4.69, 9.17) is 0 Å². The second-order valence-electron chi connectivity index (χ2n) is 4.79. The van der Waals surface area contributed by atoms with E-state index in [1.54, 1.807) is 11.3 Å². The Morgan fingerprint density at radius 3 is 3.11 bits per heavy atom. The summed E-state index contributed by atoms with van der Waals surface area (Å²) in [6, 6.07) is 8.44. The second-order valence-corrected chi connectivity index (χ2v) is 5.90. The number of rotatable bonds is 4. The summed E-state index contributed by atoms with van der Waals surface area (Å²) in [6.07, 6.45) is 3.46. The molecular weight excluding hydrogens is 244 g/mol. The van der Waals surface area contributed by atoms with Crippen LogP contribution < -0.4 is 5.32 Å². The van der Waals surface area contributed by atoms with Crippen LogP contribution in [0.3, 0.4) is 0 Å². The van der Waals surface area contributed by atoms with Crippen molar-refractivity contribution in [1.82, 2.24) is 10.3 Å². The van der Waals surface area contributed by atoms with Crippen LogP contribution in [0.25, 0.3) is 10.2 Å². The number of benzene rings is 1. The molecule has 3 nitrogen and oxygen atoms in total. The molecule has 0 spiro atoms. The summed E-state index contributed by atoms with van der Waals surface area (Å²) in [6.45, 7) is 1.05. The van der Waals surface area contributed by atoms with E-state index >= 15 is 0 Å². The van der Waals surface area contributed by atoms with Gasteiger partial charge in [0.05, 0.1) is 16.6 Å². The largest absolute Gasteiger partial charge is 0.314 e. The molecule has 0 aliphatic carbocycles. The zero-order valence-electron chi connectivity index (χ0n) is 10.2. The molecule has 1 aromatic heterocycles. The Kier molecular flexibility index (Phi) is 3.39. The fourth-order valence-corrected chi connectivity index (χ4v) is 3.44. The molecule has 1 unspecified atom stereocenters. The van der Waals surface area contributed by atoms with Crippen molar-refractivity contribution in [3.05, 3.63) is 29.3 Å². The fraction of sp³-hybridized carbons (Fsp3) is 0.429. The molecule has 1 fully saturated rings. The SMILES string of the molecule is O=C(Cc1nc2ccccc2s1)CC1CCCN1. The topological polar surface area (TPSA) is 42.0 Å². The van der Waals surface area contributed by atoms with E-state index in [0.29, 0.717) is 24.7 Å². The Bertz CT molecular complexity index is 525. The van der Waals surface area contributed by atoms with Gasteiger partial charge in [0.2, 0.25) is 0 Å². The fourth-order valence-electron chi connectivity index (χ4n) is 2.44. The van der Waals surface area contributed by atoms with Crippen LogP contribution in [0.5, 0.6) is 0 Å². The predicted molar refractivity (Wildman–Crippen MR) is 74.0 cm³/mol. The average Bonchev–Trinajstić information content (AvgIpc) is 2.96. The summed E-state index contributed by atoms with van der Waals surface area (Å²) < 4.78 is 1.17. The van der Waals surface area contributed by atoms with Crippen molar-refractivity contribution in [3.63, 3.8) is 0 Å². The van der Waals surface area contributed by atoms with Crippen LogP contribution in [0.4, 0.5) is 0 Å². The summed E-state index contributed by atoms with van der Waals surface area (Å²) in [5.41, 5.74) is 1.00. The molecule has 1 aliphatic heterocycles. The molecule has 0 amide bonds. The number of hydrogen-bond acceptors (Lipinski definition) is 4. The average molecular weight is 260 g/mol. The van der Waals surface area contributed by atoms with Gasteiger partial charge in [-0.2, -0.15) is 0 Å². The van der Waals surface area contributed by atoms with Gasteiger partial charge in [0, 0.05) is 12.5 Å². The van der Waals surface area contributed by atoms with E-state index in [0.717, 1.165) is 23.5 Å². The summed E-state index contributed by atoms with van der Waals surface area (Å²) in [4.78, 5) is 16.5. The molecule has 1 aromatic carbocycles. The molecule has 94 valence electrons. The minimum Gasteiger partial charge on any atom is -0.314 e. The number of nitrogens with zero attached hydrogens (tertiary/aromatic N) is 1. The molecule has 2 heterocycles. The van der Waals surface area contributed by atoms with E-state index in [-0.39, 0.29) is 0 Å². The maximum Gasteiger partial charge on any atom is 0.141 e. The summed E-state index contributed by atoms with van der Waals surface area (Å²) in [7, 11) is 0. The van der Waals surface area contributed by atoms with Crippen molar-refractivity contribution in [2.45, 2.75) is 31.7 Å². The third-order valence-corrected chi connectivity index (χ3v) is 4.36. The van der Waals surface area contributed by atoms with Gasteiger partial charge in [-0.25, -0.2) is 4.98 Å². The zero-order valence-corrected chi connectivity index (χ0v) is 11.0. The highest BCUT2D eigenvalue weighted by Gasteiger charge is 2.18. The summed E-state index contributed by atoms with van der Waals surface area (Å²) >= 11 is 1.63. The minimum atomic E-state index is 0.299. The highest BCUT2D eigenvalue weighted by Crippen LogP contribution is 2.22. The van der Waals surface area contributed by atoms with Crippen molar-refractivity contribution >= 4 is 27.3 Å². The lowest BCUT2D eigenvalue weighted by Gasteiger charge is -2.07. The molecule has 0 radical (unpaired) electrons. The van der Waals surface area contributed by atoms with Gasteiger partial charge in [-0.3, -0.25) is 4.79 Å². The first-order chi connectivity index (χ1) is 8.81. The van der Waals surface area contributed by atoms with Crippen molar-refractivity contribution in [2.75, 3.05) is 6.54 Å². The smallest absolute Gasteiger partial charge is 0.141 e. The van der Waals surface area contributed by atoms with Gasteiger partial charge < -0.3 is 5.32 Å². The van der Waals surface area contributed by atoms with Crippen molar-refractivity contribution < 1.29 is 4.79 Å². The zero-order chi connectivity index (χ0) is 12.4. The Hall–Kier alpha value is -1.26. The van der Waals surface area contributed by atoms with E-state index in [2.05, 4.69) is 16.4 Å². The number of fused-ring (bicyclic) bond motifs is 1. The molecule has 1 N–H and O–H groups in total. The number of carbonyl (C=O) groups is 1. The quantitative estimate of drug-likeness (QED) is 0.918. The highest BCUT2D eigenvalue weighted by molar-refractivity contribution is 7.18. The molecule has 1 atom stereocenters. The van der Waals surface area contributed by atoms with Gasteiger partial charge >= 0.3 is 0 Å². The van der Waals surface area contributed by atoms with E-state index in [9.17, 15) is 4.79 Å². The first-order valence-electron chi connectivity index (χ1n) is 6.41. The summed E-state index contributed by atoms with van der Waals surface area (Å²) in [5.74, 6) is 0.299. The third kappa shape index (κ3) is 2.60. The number of aromatic nitrogens is 1. The van der Waals surface area contributed by atoms with Gasteiger partial charge in [0.1, 0.15) is 10.8 Å². The molecule has 3 rings (SSSR count). The molecule has 0 saturated carbocycles. The molecule has 1 aliphatic rings. The Morgan fingerprint density at radius 1 is 1.44 bits per heavy atom. The summed E-state index contributed by atoms with van der Waals surface area (Å²) in [5, 5.41) is 4.31. The molecule has 18 heavy (non-hydrogen) atoms. The molecular formula is C14H16N2OS. The van der Waals surface area contributed by atoms with E-state index < -0.39 is 0 Å². The first-order valence-corrected chi connectivity index (χ1v) is 7.22. The van der Waals surface area contributed by atoms with Crippen LogP contribution >= 0.6 is 11.3 Å². The van der Waals surface area contributed by atoms with Crippen LogP contribution in [0.1, 0.15) is 24.3 Å². The van der Waals surface area contributed by atoms with Gasteiger partial charge in [0.25, 0.3) is 0 Å². The first kappa shape index (κ1) is 11.8. The Morgan fingerprint density at radius 2 is 2.33 bits per heavy atom. The highest BCUT2D eigenvalue weighted by atomic mass is 32.1. The second kappa shape index (κ2) is 5.16. The number of Topliss-reactive ketones (excluding diaryl/α,β-unsaturated/α-hetero) is 1. The molecule has 4 heteroatoms. The number of nitrogens with one attached hydrogen (secondary N) is 1. The van der Waals surface area contributed by atoms with Crippen LogP contribution in [0.15, 0.2) is 24.3 Å². The Balaban J connectivity index is 1.66. The van der Waals surface area contributed by atoms with Crippen LogP contribution in [-0.2, 0) is 11.2 Å². The lowest BCUT2D eigenvalue weighted by atomic mass is 10.1. The maximum atomic E-state index is 12.0. The number of para-hydroxylation sites is 1. The molecule has 2 aromatic rings. The van der Waals surface area contributed by atoms with Crippen LogP contribution in [-0.4, -0.2) is 23.4 Å². The number of carbonyl (C=O) groups excluding carboxylic acids is 1. The number of hydrogen-bond donors (Lipinski definition) is 1. The number of ketones is 1. The lowest BCUT2D eigenvalue weighted by molar-refractivity contribution is -0.118. The van der Waals surface area contributed by atoms with Crippen molar-refractivity contribution in [2.24, 2.45) is 0 Å². The Labute approximate surface area is 110 Å². The molecule has 0 bridgehead atoms. The molecule has 1 saturated heterocycles. The third-order valence-electron chi connectivity index (χ3n) is 3.32. The maximum absolute atomic E-state index is 12.0. The van der Waals surface area contributed by atoms with Crippen molar-refractivity contribution in [1.29, 1.82) is 0 Å². The van der Waals surface area contributed by atoms with Crippen molar-refractivity contribution in [3.8, 4) is 0 Å². The number of thiazole rings is 1. The normalized spacial score (nSPS) is 19.4. The van der Waals surface area contributed by atoms with Crippen LogP contribution in [0.2, 0.25) is 0 Å². The van der Waals surface area contributed by atoms with E-state index in [1.165, 1.54) is 11.1 Å². The van der Waals surface area contributed by atoms with Crippen LogP contribution in [0, 0.1) is 0 Å². The van der Waals surface area contributed by atoms with Gasteiger partial charge in [0.15, 0.2) is 0 Å². The predicted octanol–water partition coefficient (Wildman–Crippen LogP) is 2.55. The van der Waals surface area contributed by atoms with E-state index in [1.807, 2.05) is 18.2 Å². The minimum absolute atomic E-state index is 0.299. The monoisotopic (exact) mass is 260 g/mol. The lowest BCUT2D eigenvalue weighted by Crippen LogP contribution is -2.25.